The molecule has 2 fully saturated rings. The molecule has 0 spiro atoms. The molecule has 2 aliphatic rings. The number of allylic oxidation sites excluding steroid dienone is 2. The number of aromatic amines is 1. The number of methoxy groups -OCH3 is 1. The Morgan fingerprint density at radius 3 is 2.51 bits per heavy atom. The molecule has 13 heteroatoms. The van der Waals surface area contributed by atoms with Gasteiger partial charge in [0.05, 0.1) is 37.3 Å². The van der Waals surface area contributed by atoms with E-state index in [0.29, 0.717) is 25.4 Å². The van der Waals surface area contributed by atoms with Crippen LogP contribution in [0.15, 0.2) is 71.9 Å². The van der Waals surface area contributed by atoms with E-state index in [1.54, 1.807) is 16.2 Å². The van der Waals surface area contributed by atoms with Crippen LogP contribution >= 0.6 is 11.3 Å². The lowest BCUT2D eigenvalue weighted by Gasteiger charge is -2.34. The Kier molecular flexibility index (Phi) is 11.9. The van der Waals surface area contributed by atoms with Crippen LogP contribution in [0, 0.1) is 5.92 Å². The van der Waals surface area contributed by atoms with Gasteiger partial charge >= 0.3 is 6.09 Å². The number of hydrogen-bond acceptors (Lipinski definition) is 8. The molecule has 1 saturated heterocycles. The lowest BCUT2D eigenvalue weighted by molar-refractivity contribution is -0.135. The first-order valence-corrected chi connectivity index (χ1v) is 20.6. The summed E-state index contributed by atoms with van der Waals surface area (Å²) >= 11 is 1.76. The first-order chi connectivity index (χ1) is 27.7. The number of likely N-dealkylation sites (tertiary alicyclic amines) is 1. The molecule has 1 saturated carbocycles. The summed E-state index contributed by atoms with van der Waals surface area (Å²) in [6.07, 6.45) is 6.65. The number of fused-ring (bicyclic) bond motifs is 6. The Labute approximate surface area is 336 Å². The van der Waals surface area contributed by atoms with Crippen molar-refractivity contribution in [1.82, 2.24) is 35.7 Å². The fraction of sp³-hybridized carbons (Fsp3) is 0.386. The lowest BCUT2D eigenvalue weighted by atomic mass is 9.98. The molecule has 7 rings (SSSR count). The van der Waals surface area contributed by atoms with Crippen LogP contribution in [-0.2, 0) is 19.1 Å². The van der Waals surface area contributed by atoms with E-state index in [4.69, 9.17) is 4.98 Å². The number of aromatic nitrogens is 2. The number of thiophene rings is 1. The number of rotatable bonds is 15. The third-order valence-electron chi connectivity index (χ3n) is 11.5. The minimum Gasteiger partial charge on any atom is -0.453 e. The van der Waals surface area contributed by atoms with E-state index in [1.807, 2.05) is 24.8 Å². The number of amides is 4. The second-order valence-electron chi connectivity index (χ2n) is 14.9. The average Bonchev–Trinajstić information content (AvgIpc) is 4.04. The third kappa shape index (κ3) is 8.11. The van der Waals surface area contributed by atoms with Crippen molar-refractivity contribution in [1.29, 1.82) is 0 Å². The summed E-state index contributed by atoms with van der Waals surface area (Å²) in [7, 11) is 1.28. The smallest absolute Gasteiger partial charge is 0.407 e. The summed E-state index contributed by atoms with van der Waals surface area (Å²) in [5.74, 6) is 0.936. The van der Waals surface area contributed by atoms with E-state index in [2.05, 4.69) is 94.1 Å². The van der Waals surface area contributed by atoms with Crippen molar-refractivity contribution in [2.24, 2.45) is 5.92 Å². The molecule has 2 bridgehead atoms. The molecule has 1 aliphatic heterocycles. The molecule has 0 unspecified atom stereocenters. The molecule has 0 radical (unpaired) electrons. The number of alkyl carbamates (subject to hydrolysis) is 1. The van der Waals surface area contributed by atoms with E-state index < -0.39 is 6.09 Å². The molecule has 3 aromatic carbocycles. The van der Waals surface area contributed by atoms with Gasteiger partial charge in [-0.05, 0) is 92.8 Å². The van der Waals surface area contributed by atoms with Crippen molar-refractivity contribution < 1.29 is 23.9 Å². The summed E-state index contributed by atoms with van der Waals surface area (Å²) in [6.45, 7) is 9.06. The Morgan fingerprint density at radius 2 is 1.77 bits per heavy atom. The van der Waals surface area contributed by atoms with Crippen LogP contribution in [0.4, 0.5) is 4.79 Å². The van der Waals surface area contributed by atoms with Crippen LogP contribution < -0.4 is 16.0 Å². The fourth-order valence-electron chi connectivity index (χ4n) is 8.45. The molecule has 4 N–H and O–H groups in total. The van der Waals surface area contributed by atoms with E-state index >= 15 is 0 Å². The average molecular weight is 790 g/mol. The fourth-order valence-corrected chi connectivity index (χ4v) is 9.63. The number of benzene rings is 3. The molecule has 4 amide bonds. The molecule has 2 aromatic heterocycles. The van der Waals surface area contributed by atoms with Gasteiger partial charge in [-0.2, -0.15) is 0 Å². The minimum atomic E-state index is -0.631. The lowest BCUT2D eigenvalue weighted by Crippen LogP contribution is -2.44. The van der Waals surface area contributed by atoms with Crippen molar-refractivity contribution in [3.05, 3.63) is 83.3 Å². The second-order valence-corrected chi connectivity index (χ2v) is 16.0. The van der Waals surface area contributed by atoms with Gasteiger partial charge in [0.25, 0.3) is 0 Å². The topological polar surface area (TPSA) is 149 Å². The maximum Gasteiger partial charge on any atom is 0.407 e. The molecular weight excluding hydrogens is 739 g/mol. The molecule has 5 aromatic rings. The first kappa shape index (κ1) is 39.5. The molecule has 3 atom stereocenters. The molecule has 298 valence electrons. The van der Waals surface area contributed by atoms with Crippen molar-refractivity contribution in [3.8, 4) is 11.1 Å². The Balaban J connectivity index is 1.12. The van der Waals surface area contributed by atoms with Gasteiger partial charge in [0.2, 0.25) is 18.2 Å². The van der Waals surface area contributed by atoms with Gasteiger partial charge in [0, 0.05) is 44.2 Å². The molecule has 57 heavy (non-hydrogen) atoms. The van der Waals surface area contributed by atoms with Gasteiger partial charge < -0.3 is 35.5 Å². The number of H-pyrrole nitrogens is 1. The standard InChI is InChI=1S/C44H51N7O5S/c1-6-17-50(40(53)23-46-44(55)56-5)24-37(26(4)7-2)47-34(8-3)29-11-15-33-32-14-10-28(20-38(32)57-39(33)21-29)27-12-16-35-36(19-27)49-43(48-35)42-30-9-13-31(18-30)51(42)41(54)22-45-25-52/h8,10-12,14-16,19-21,25,30-31,42,47H,6-7,9,13,17-18,22-24H2,1-5H3,(H,45,52)(H,46,55)(H,48,49)/b34-8-,37-26+/t30-,31+,42-/m0/s1. The number of carbonyl (C=O) groups excluding carboxylic acids is 4. The highest BCUT2D eigenvalue weighted by molar-refractivity contribution is 7.25. The van der Waals surface area contributed by atoms with Crippen LogP contribution in [0.25, 0.3) is 48.0 Å². The molecule has 3 heterocycles. The zero-order valence-electron chi connectivity index (χ0n) is 33.2. The van der Waals surface area contributed by atoms with Crippen molar-refractivity contribution in [2.45, 2.75) is 71.9 Å². The van der Waals surface area contributed by atoms with E-state index in [-0.39, 0.29) is 37.0 Å². The maximum atomic E-state index is 13.1. The summed E-state index contributed by atoms with van der Waals surface area (Å²) < 4.78 is 7.02. The number of carbonyl (C=O) groups is 4. The van der Waals surface area contributed by atoms with E-state index in [0.717, 1.165) is 82.6 Å². The van der Waals surface area contributed by atoms with Crippen molar-refractivity contribution in [2.75, 3.05) is 33.3 Å². The minimum absolute atomic E-state index is 0.000660. The van der Waals surface area contributed by atoms with Gasteiger partial charge in [-0.25, -0.2) is 9.78 Å². The Hall–Kier alpha value is -5.69. The highest BCUT2D eigenvalue weighted by Gasteiger charge is 2.49. The van der Waals surface area contributed by atoms with Crippen molar-refractivity contribution in [3.63, 3.8) is 0 Å². The summed E-state index contributed by atoms with van der Waals surface area (Å²) in [5, 5.41) is 11.1. The monoisotopic (exact) mass is 789 g/mol. The number of nitrogens with one attached hydrogen (secondary N) is 4. The highest BCUT2D eigenvalue weighted by Crippen LogP contribution is 2.50. The van der Waals surface area contributed by atoms with E-state index in [1.165, 1.54) is 27.3 Å². The molecular formula is C44H51N7O5S. The number of imidazole rings is 1. The van der Waals surface area contributed by atoms with Crippen LogP contribution in [-0.4, -0.2) is 83.4 Å². The Bertz CT molecular complexity index is 2400. The summed E-state index contributed by atoms with van der Waals surface area (Å²) in [5.41, 5.74) is 8.10. The van der Waals surface area contributed by atoms with Gasteiger partial charge in [-0.3, -0.25) is 14.4 Å². The SMILES string of the molecule is C/C=C(\N/C(CN(CCC)C(=O)CNC(=O)OC)=C(\C)CC)c1ccc2c(c1)sc1cc(-c3ccc4nc([C@@H]5[C@H]6CC[C@H](C6)N5C(=O)CNC=O)[nH]c4c3)ccc12. The first-order valence-electron chi connectivity index (χ1n) is 19.8. The third-order valence-corrected chi connectivity index (χ3v) is 12.6. The quantitative estimate of drug-likeness (QED) is 0.0798. The summed E-state index contributed by atoms with van der Waals surface area (Å²) in [6, 6.07) is 19.6. The zero-order chi connectivity index (χ0) is 40.2. The van der Waals surface area contributed by atoms with Crippen LogP contribution in [0.1, 0.15) is 77.2 Å². The van der Waals surface area contributed by atoms with Gasteiger partial charge in [-0.15, -0.1) is 11.3 Å². The predicted octanol–water partition coefficient (Wildman–Crippen LogP) is 7.62. The van der Waals surface area contributed by atoms with Crippen LogP contribution in [0.5, 0.6) is 0 Å². The second kappa shape index (κ2) is 17.2. The largest absolute Gasteiger partial charge is 0.453 e. The van der Waals surface area contributed by atoms with Gasteiger partial charge in [0.15, 0.2) is 0 Å². The molecule has 12 nitrogen and oxygen atoms in total. The summed E-state index contributed by atoms with van der Waals surface area (Å²) in [4.78, 5) is 61.0. The molecule has 1 aliphatic carbocycles. The van der Waals surface area contributed by atoms with Gasteiger partial charge in [0.1, 0.15) is 12.4 Å². The number of piperidine rings is 1. The number of hydrogen-bond donors (Lipinski definition) is 4. The van der Waals surface area contributed by atoms with Crippen LogP contribution in [0.3, 0.4) is 0 Å². The van der Waals surface area contributed by atoms with Crippen molar-refractivity contribution >= 4 is 72.6 Å². The number of nitrogens with zero attached hydrogens (tertiary/aromatic N) is 3. The van der Waals surface area contributed by atoms with Crippen LogP contribution in [0.2, 0.25) is 0 Å². The highest BCUT2D eigenvalue weighted by atomic mass is 32.1. The van der Waals surface area contributed by atoms with E-state index in [9.17, 15) is 19.2 Å². The van der Waals surface area contributed by atoms with Gasteiger partial charge in [-0.1, -0.05) is 55.8 Å². The zero-order valence-corrected chi connectivity index (χ0v) is 34.1. The normalized spacial score (nSPS) is 18.2. The Morgan fingerprint density at radius 1 is 1.02 bits per heavy atom. The number of ether oxygens (including phenoxy) is 1. The maximum absolute atomic E-state index is 13.1. The predicted molar refractivity (Wildman–Crippen MR) is 226 cm³/mol.